The van der Waals surface area contributed by atoms with Gasteiger partial charge in [0.2, 0.25) is 0 Å². The Hall–Kier alpha value is 0.220. The van der Waals surface area contributed by atoms with Crippen LogP contribution in [0.4, 0.5) is 5.69 Å². The Balaban J connectivity index is 1.99. The summed E-state index contributed by atoms with van der Waals surface area (Å²) in [6, 6.07) is 1.99. The van der Waals surface area contributed by atoms with Crippen LogP contribution in [-0.4, -0.2) is 19.3 Å². The Morgan fingerprint density at radius 3 is 2.73 bits per heavy atom. The van der Waals surface area contributed by atoms with Crippen molar-refractivity contribution in [3.63, 3.8) is 0 Å². The summed E-state index contributed by atoms with van der Waals surface area (Å²) in [6.45, 7) is 1.59. The first-order valence-corrected chi connectivity index (χ1v) is 6.79. The van der Waals surface area contributed by atoms with Crippen LogP contribution in [-0.2, 0) is 4.74 Å². The molecule has 0 N–H and O–H groups in total. The second kappa shape index (κ2) is 3.61. The molecule has 1 fully saturated rings. The minimum absolute atomic E-state index is 0.303. The first-order chi connectivity index (χ1) is 7.16. The normalized spacial score (nSPS) is 21.8. The van der Waals surface area contributed by atoms with Gasteiger partial charge in [-0.15, -0.1) is 0 Å². The molecule has 3 nitrogen and oxygen atoms in total. The van der Waals surface area contributed by atoms with Crippen LogP contribution in [0.25, 0.3) is 0 Å². The number of benzene rings is 1. The van der Waals surface area contributed by atoms with E-state index in [1.165, 1.54) is 0 Å². The van der Waals surface area contributed by atoms with E-state index < -0.39 is 0 Å². The topological polar surface area (TPSA) is 25.0 Å². The third kappa shape index (κ3) is 1.71. The first kappa shape index (κ1) is 10.4. The maximum Gasteiger partial charge on any atom is 0.185 e. The molecule has 1 unspecified atom stereocenters. The van der Waals surface area contributed by atoms with Gasteiger partial charge >= 0.3 is 0 Å². The SMILES string of the molecule is Brc1cc(Br)c2c(Br)c1ON2CC1CO1. The molecule has 0 amide bonds. The van der Waals surface area contributed by atoms with Gasteiger partial charge in [-0.1, -0.05) is 0 Å². The predicted molar refractivity (Wildman–Crippen MR) is 67.3 cm³/mol. The number of hydrogen-bond acceptors (Lipinski definition) is 3. The minimum Gasteiger partial charge on any atom is -0.377 e. The predicted octanol–water partition coefficient (Wildman–Crippen LogP) is 3.49. The summed E-state index contributed by atoms with van der Waals surface area (Å²) >= 11 is 10.5. The van der Waals surface area contributed by atoms with Gasteiger partial charge in [0.05, 0.1) is 22.1 Å². The molecule has 1 aromatic carbocycles. The minimum atomic E-state index is 0.303. The molecule has 0 radical (unpaired) electrons. The molecule has 3 rings (SSSR count). The van der Waals surface area contributed by atoms with E-state index in [2.05, 4.69) is 47.8 Å². The summed E-state index contributed by atoms with van der Waals surface area (Å²) in [4.78, 5) is 5.71. The molecule has 1 aromatic rings. The number of ether oxygens (including phenoxy) is 1. The van der Waals surface area contributed by atoms with Crippen molar-refractivity contribution in [2.45, 2.75) is 6.10 Å². The van der Waals surface area contributed by atoms with Crippen LogP contribution in [0.5, 0.6) is 5.75 Å². The van der Waals surface area contributed by atoms with Crippen LogP contribution < -0.4 is 9.90 Å². The zero-order valence-electron chi connectivity index (χ0n) is 7.47. The van der Waals surface area contributed by atoms with Gasteiger partial charge in [0, 0.05) is 4.47 Å². The molecule has 0 saturated carbocycles. The zero-order valence-corrected chi connectivity index (χ0v) is 12.2. The van der Waals surface area contributed by atoms with Crippen LogP contribution >= 0.6 is 47.8 Å². The Bertz CT molecular complexity index is 434. The fraction of sp³-hybridized carbons (Fsp3) is 0.333. The van der Waals surface area contributed by atoms with E-state index in [4.69, 9.17) is 9.57 Å². The van der Waals surface area contributed by atoms with E-state index in [-0.39, 0.29) is 0 Å². The van der Waals surface area contributed by atoms with Gasteiger partial charge in [-0.05, 0) is 53.9 Å². The largest absolute Gasteiger partial charge is 0.377 e. The van der Waals surface area contributed by atoms with E-state index in [9.17, 15) is 0 Å². The quantitative estimate of drug-likeness (QED) is 0.712. The molecule has 80 valence electrons. The number of rotatable bonds is 2. The van der Waals surface area contributed by atoms with Gasteiger partial charge in [-0.3, -0.25) is 0 Å². The first-order valence-electron chi connectivity index (χ1n) is 4.41. The Kier molecular flexibility index (Phi) is 2.50. The third-order valence-electron chi connectivity index (χ3n) is 2.33. The highest BCUT2D eigenvalue weighted by atomic mass is 79.9. The second-order valence-corrected chi connectivity index (χ2v) is 5.94. The lowest BCUT2D eigenvalue weighted by atomic mass is 10.3. The van der Waals surface area contributed by atoms with Crippen molar-refractivity contribution in [3.05, 3.63) is 19.5 Å². The average molecular weight is 400 g/mol. The van der Waals surface area contributed by atoms with Crippen LogP contribution in [0.3, 0.4) is 0 Å². The Morgan fingerprint density at radius 1 is 1.33 bits per heavy atom. The highest BCUT2D eigenvalue weighted by Gasteiger charge is 2.34. The molecule has 15 heavy (non-hydrogen) atoms. The van der Waals surface area contributed by atoms with Crippen molar-refractivity contribution in [1.82, 2.24) is 0 Å². The van der Waals surface area contributed by atoms with Gasteiger partial charge < -0.3 is 9.57 Å². The number of fused-ring (bicyclic) bond motifs is 2. The van der Waals surface area contributed by atoms with Gasteiger partial charge in [-0.25, -0.2) is 5.06 Å². The molecule has 2 bridgehead atoms. The van der Waals surface area contributed by atoms with Gasteiger partial charge in [0.25, 0.3) is 0 Å². The summed E-state index contributed by atoms with van der Waals surface area (Å²) in [7, 11) is 0. The molecular formula is C9H6Br3NO2. The highest BCUT2D eigenvalue weighted by Crippen LogP contribution is 2.50. The van der Waals surface area contributed by atoms with Gasteiger partial charge in [0.15, 0.2) is 5.75 Å². The molecule has 1 saturated heterocycles. The molecule has 2 heterocycles. The number of anilines is 1. The van der Waals surface area contributed by atoms with Crippen LogP contribution in [0.2, 0.25) is 0 Å². The van der Waals surface area contributed by atoms with Crippen LogP contribution in [0, 0.1) is 0 Å². The van der Waals surface area contributed by atoms with Crippen molar-refractivity contribution < 1.29 is 9.57 Å². The lowest BCUT2D eigenvalue weighted by Crippen LogP contribution is -2.28. The van der Waals surface area contributed by atoms with E-state index in [1.54, 1.807) is 0 Å². The average Bonchev–Trinajstić information content (AvgIpc) is 2.90. The Morgan fingerprint density at radius 2 is 2.07 bits per heavy atom. The van der Waals surface area contributed by atoms with Crippen molar-refractivity contribution in [3.8, 4) is 5.75 Å². The standard InChI is InChI=1S/C9H6Br3NO2/c10-5-1-6(11)9-7(12)8(5)13(15-9)2-4-3-14-4/h1,4H,2-3H2. The molecule has 1 atom stereocenters. The third-order valence-corrected chi connectivity index (χ3v) is 4.26. The fourth-order valence-electron chi connectivity index (χ4n) is 1.52. The van der Waals surface area contributed by atoms with Gasteiger partial charge in [-0.2, -0.15) is 0 Å². The van der Waals surface area contributed by atoms with Crippen molar-refractivity contribution in [1.29, 1.82) is 0 Å². The number of hydroxylamine groups is 1. The van der Waals surface area contributed by atoms with E-state index in [0.29, 0.717) is 6.10 Å². The molecular weight excluding hydrogens is 394 g/mol. The summed E-state index contributed by atoms with van der Waals surface area (Å²) < 4.78 is 8.11. The Labute approximate surface area is 112 Å². The lowest BCUT2D eigenvalue weighted by Gasteiger charge is -2.16. The lowest BCUT2D eigenvalue weighted by molar-refractivity contribution is 0.274. The summed E-state index contributed by atoms with van der Waals surface area (Å²) in [6.07, 6.45) is 0.303. The van der Waals surface area contributed by atoms with E-state index >= 15 is 0 Å². The maximum atomic E-state index is 5.71. The number of halogens is 3. The highest BCUT2D eigenvalue weighted by molar-refractivity contribution is 9.11. The van der Waals surface area contributed by atoms with Crippen LogP contribution in [0.1, 0.15) is 0 Å². The smallest absolute Gasteiger partial charge is 0.185 e. The van der Waals surface area contributed by atoms with Gasteiger partial charge in [0.1, 0.15) is 11.8 Å². The number of epoxide rings is 1. The van der Waals surface area contributed by atoms with Crippen molar-refractivity contribution in [2.75, 3.05) is 18.2 Å². The van der Waals surface area contributed by atoms with E-state index in [1.807, 2.05) is 11.1 Å². The molecule has 2 aliphatic heterocycles. The summed E-state index contributed by atoms with van der Waals surface area (Å²) in [5.41, 5.74) is 1.03. The van der Waals surface area contributed by atoms with Crippen molar-refractivity contribution in [2.24, 2.45) is 0 Å². The molecule has 6 heteroatoms. The fourth-order valence-corrected chi connectivity index (χ4v) is 4.18. The molecule has 0 spiro atoms. The zero-order chi connectivity index (χ0) is 10.6. The monoisotopic (exact) mass is 397 g/mol. The number of nitrogens with zero attached hydrogens (tertiary/aromatic N) is 1. The second-order valence-electron chi connectivity index (χ2n) is 3.44. The summed E-state index contributed by atoms with van der Waals surface area (Å²) in [5.74, 6) is 0.828. The number of hydrogen-bond donors (Lipinski definition) is 0. The van der Waals surface area contributed by atoms with E-state index in [0.717, 1.165) is 38.0 Å². The van der Waals surface area contributed by atoms with Crippen LogP contribution in [0.15, 0.2) is 19.5 Å². The molecule has 0 aliphatic carbocycles. The maximum absolute atomic E-state index is 5.71. The van der Waals surface area contributed by atoms with Crippen molar-refractivity contribution >= 4 is 53.5 Å². The molecule has 0 aromatic heterocycles. The summed E-state index contributed by atoms with van der Waals surface area (Å²) in [5, 5.41) is 1.85. The molecule has 2 aliphatic rings.